The molecule has 9 nitrogen and oxygen atoms in total. The van der Waals surface area contributed by atoms with E-state index in [2.05, 4.69) is 0 Å². The van der Waals surface area contributed by atoms with Crippen molar-refractivity contribution in [1.29, 1.82) is 0 Å². The van der Waals surface area contributed by atoms with E-state index in [-0.39, 0.29) is 17.8 Å². The number of carbonyl (C=O) groups is 2. The first kappa shape index (κ1) is 19.3. The van der Waals surface area contributed by atoms with E-state index in [4.69, 9.17) is 0 Å². The zero-order valence-corrected chi connectivity index (χ0v) is 16.6. The molecule has 0 bridgehead atoms. The lowest BCUT2D eigenvalue weighted by Crippen LogP contribution is -2.35. The predicted molar refractivity (Wildman–Crippen MR) is 108 cm³/mol. The third-order valence-corrected chi connectivity index (χ3v) is 8.89. The van der Waals surface area contributed by atoms with Crippen LogP contribution in [0.4, 0.5) is 17.1 Å². The van der Waals surface area contributed by atoms with Crippen LogP contribution in [0.2, 0.25) is 0 Å². The number of imide groups is 1. The zero-order chi connectivity index (χ0) is 20.8. The van der Waals surface area contributed by atoms with Crippen LogP contribution in [-0.4, -0.2) is 47.2 Å². The Balaban J connectivity index is 1.68. The molecule has 2 amide bonds. The molecule has 2 aliphatic heterocycles. The molecule has 2 atom stereocenters. The molecule has 4 rings (SSSR count). The minimum absolute atomic E-state index is 0.136. The van der Waals surface area contributed by atoms with Crippen LogP contribution in [0.1, 0.15) is 6.42 Å². The van der Waals surface area contributed by atoms with Crippen LogP contribution < -0.4 is 9.57 Å². The summed E-state index contributed by atoms with van der Waals surface area (Å²) < 4.78 is 17.5. The Morgan fingerprint density at radius 2 is 1.66 bits per heavy atom. The highest BCUT2D eigenvalue weighted by Crippen LogP contribution is 2.63. The van der Waals surface area contributed by atoms with Crippen LogP contribution in [0.3, 0.4) is 0 Å². The van der Waals surface area contributed by atoms with Crippen LogP contribution in [0.15, 0.2) is 54.6 Å². The Morgan fingerprint density at radius 1 is 1.00 bits per heavy atom. The van der Waals surface area contributed by atoms with Gasteiger partial charge in [0.2, 0.25) is 11.8 Å². The topological polar surface area (TPSA) is 104 Å². The number of carbonyl (C=O) groups excluding carboxylic acids is 2. The van der Waals surface area contributed by atoms with Crippen molar-refractivity contribution >= 4 is 36.3 Å². The van der Waals surface area contributed by atoms with Gasteiger partial charge in [-0.3, -0.25) is 24.3 Å². The molecule has 2 unspecified atom stereocenters. The van der Waals surface area contributed by atoms with Crippen molar-refractivity contribution in [3.05, 3.63) is 64.7 Å². The van der Waals surface area contributed by atoms with Crippen LogP contribution in [0, 0.1) is 10.1 Å². The maximum absolute atomic E-state index is 14.1. The summed E-state index contributed by atoms with van der Waals surface area (Å²) >= 11 is 0. The van der Waals surface area contributed by atoms with Crippen molar-refractivity contribution < 1.29 is 19.1 Å². The third kappa shape index (κ3) is 3.03. The standard InChI is InChI=1S/C19H19N4O5P/c1-20-11-12-21(14-5-3-2-4-6-14)29(20,28)17-13-18(24)22(19(17)25)15-7-9-16(10-8-15)23(26)27/h2-10,17H,11-13H2,1H3. The van der Waals surface area contributed by atoms with E-state index in [1.54, 1.807) is 16.4 Å². The van der Waals surface area contributed by atoms with Gasteiger partial charge in [0.25, 0.3) is 13.1 Å². The highest BCUT2D eigenvalue weighted by atomic mass is 31.2. The first-order valence-electron chi connectivity index (χ1n) is 9.09. The van der Waals surface area contributed by atoms with Gasteiger partial charge in [0, 0.05) is 37.3 Å². The van der Waals surface area contributed by atoms with Crippen LogP contribution >= 0.6 is 7.44 Å². The molecule has 0 N–H and O–H groups in total. The highest BCUT2D eigenvalue weighted by molar-refractivity contribution is 7.65. The summed E-state index contributed by atoms with van der Waals surface area (Å²) in [6.07, 6.45) is -0.166. The van der Waals surface area contributed by atoms with Crippen molar-refractivity contribution in [2.45, 2.75) is 12.1 Å². The first-order valence-corrected chi connectivity index (χ1v) is 10.8. The Morgan fingerprint density at radius 3 is 2.28 bits per heavy atom. The minimum Gasteiger partial charge on any atom is -0.309 e. The molecule has 29 heavy (non-hydrogen) atoms. The van der Waals surface area contributed by atoms with Gasteiger partial charge >= 0.3 is 0 Å². The van der Waals surface area contributed by atoms with E-state index in [9.17, 15) is 24.3 Å². The second-order valence-corrected chi connectivity index (χ2v) is 9.96. The molecule has 0 spiro atoms. The summed E-state index contributed by atoms with van der Waals surface area (Å²) in [6, 6.07) is 14.4. The van der Waals surface area contributed by atoms with Crippen molar-refractivity contribution in [2.24, 2.45) is 0 Å². The lowest BCUT2D eigenvalue weighted by Gasteiger charge is -2.33. The molecule has 150 valence electrons. The summed E-state index contributed by atoms with van der Waals surface area (Å²) in [6.45, 7) is 1.01. The molecular formula is C19H19N4O5P. The van der Waals surface area contributed by atoms with Crippen molar-refractivity contribution in [1.82, 2.24) is 4.67 Å². The number of nitro benzene ring substituents is 1. The second-order valence-electron chi connectivity index (χ2n) is 6.99. The van der Waals surface area contributed by atoms with Gasteiger partial charge in [-0.15, -0.1) is 0 Å². The van der Waals surface area contributed by atoms with Gasteiger partial charge in [-0.05, 0) is 31.3 Å². The molecular weight excluding hydrogens is 395 g/mol. The van der Waals surface area contributed by atoms with Gasteiger partial charge in [-0.1, -0.05) is 18.2 Å². The normalized spacial score (nSPS) is 25.1. The fourth-order valence-electron chi connectivity index (χ4n) is 3.88. The molecule has 0 saturated carbocycles. The van der Waals surface area contributed by atoms with E-state index in [0.717, 1.165) is 10.6 Å². The maximum Gasteiger partial charge on any atom is 0.269 e. The van der Waals surface area contributed by atoms with Crippen LogP contribution in [0.25, 0.3) is 0 Å². The molecule has 2 aliphatic rings. The number of anilines is 2. The van der Waals surface area contributed by atoms with Gasteiger partial charge in [-0.2, -0.15) is 0 Å². The molecule has 2 aromatic rings. The lowest BCUT2D eigenvalue weighted by atomic mass is 10.2. The summed E-state index contributed by atoms with van der Waals surface area (Å²) in [5.74, 6) is -1.00. The maximum atomic E-state index is 14.1. The molecule has 2 aromatic carbocycles. The number of likely N-dealkylation sites (N-methyl/N-ethyl adjacent to an activating group) is 1. The van der Waals surface area contributed by atoms with Gasteiger partial charge in [-0.25, -0.2) is 9.57 Å². The summed E-state index contributed by atoms with van der Waals surface area (Å²) in [5.41, 5.74) is -0.136. The number of rotatable bonds is 4. The Kier molecular flexibility index (Phi) is 4.72. The number of nitrogens with zero attached hydrogens (tertiary/aromatic N) is 4. The second kappa shape index (κ2) is 7.09. The summed E-state index contributed by atoms with van der Waals surface area (Å²) in [4.78, 5) is 37.2. The number of nitro groups is 1. The van der Waals surface area contributed by atoms with Gasteiger partial charge in [0.05, 0.1) is 10.6 Å². The van der Waals surface area contributed by atoms with Crippen molar-refractivity contribution in [2.75, 3.05) is 29.7 Å². The quantitative estimate of drug-likeness (QED) is 0.328. The number of amides is 2. The van der Waals surface area contributed by atoms with Crippen molar-refractivity contribution in [3.63, 3.8) is 0 Å². The number of para-hydroxylation sites is 1. The molecule has 0 aromatic heterocycles. The van der Waals surface area contributed by atoms with Crippen LogP contribution in [0.5, 0.6) is 0 Å². The highest BCUT2D eigenvalue weighted by Gasteiger charge is 2.56. The average molecular weight is 414 g/mol. The molecule has 2 fully saturated rings. The SMILES string of the molecule is CN1CCN(c2ccccc2)P1(=O)C1CC(=O)N(c2ccc([N+](=O)[O-])cc2)C1=O. The monoisotopic (exact) mass is 414 g/mol. The van der Waals surface area contributed by atoms with E-state index >= 15 is 0 Å². The van der Waals surface area contributed by atoms with Gasteiger partial charge in [0.1, 0.15) is 5.66 Å². The summed E-state index contributed by atoms with van der Waals surface area (Å²) in [5, 5.41) is 10.8. The minimum atomic E-state index is -3.37. The lowest BCUT2D eigenvalue weighted by molar-refractivity contribution is -0.384. The molecule has 0 radical (unpaired) electrons. The van der Waals surface area contributed by atoms with Gasteiger partial charge in [0.15, 0.2) is 0 Å². The zero-order valence-electron chi connectivity index (χ0n) is 15.7. The van der Waals surface area contributed by atoms with Crippen LogP contribution in [-0.2, 0) is 14.2 Å². The molecule has 0 aliphatic carbocycles. The summed E-state index contributed by atoms with van der Waals surface area (Å²) in [7, 11) is -1.67. The largest absolute Gasteiger partial charge is 0.309 e. The van der Waals surface area contributed by atoms with E-state index in [1.165, 1.54) is 24.3 Å². The fourth-order valence-corrected chi connectivity index (χ4v) is 7.08. The van der Waals surface area contributed by atoms with E-state index in [0.29, 0.717) is 13.1 Å². The van der Waals surface area contributed by atoms with E-state index < -0.39 is 29.8 Å². The number of benzene rings is 2. The average Bonchev–Trinajstić information content (AvgIpc) is 3.19. The Bertz CT molecular complexity index is 1030. The fraction of sp³-hybridized carbons (Fsp3) is 0.263. The molecule has 2 saturated heterocycles. The predicted octanol–water partition coefficient (Wildman–Crippen LogP) is 2.87. The smallest absolute Gasteiger partial charge is 0.269 e. The Hall–Kier alpha value is -3.03. The number of hydrogen-bond acceptors (Lipinski definition) is 5. The number of hydrogen-bond donors (Lipinski definition) is 0. The Labute approximate surface area is 167 Å². The first-order chi connectivity index (χ1) is 13.8. The van der Waals surface area contributed by atoms with Crippen molar-refractivity contribution in [3.8, 4) is 0 Å². The molecule has 10 heteroatoms. The molecule has 2 heterocycles. The van der Waals surface area contributed by atoms with E-state index in [1.807, 2.05) is 30.3 Å². The third-order valence-electron chi connectivity index (χ3n) is 5.37. The van der Waals surface area contributed by atoms with Gasteiger partial charge < -0.3 is 4.67 Å². The number of non-ortho nitro benzene ring substituents is 1.